The highest BCUT2D eigenvalue weighted by Crippen LogP contribution is 2.58. The molecule has 7 unspecified atom stereocenters. The molecule has 0 aromatic heterocycles. The van der Waals surface area contributed by atoms with Crippen LogP contribution in [-0.4, -0.2) is 24.3 Å². The van der Waals surface area contributed by atoms with Gasteiger partial charge in [0.05, 0.1) is 12.2 Å². The van der Waals surface area contributed by atoms with Crippen molar-refractivity contribution in [3.05, 3.63) is 0 Å². The zero-order valence-corrected chi connectivity index (χ0v) is 9.59. The zero-order valence-electron chi connectivity index (χ0n) is 9.59. The van der Waals surface area contributed by atoms with E-state index in [1.165, 1.54) is 26.2 Å². The van der Waals surface area contributed by atoms with Gasteiger partial charge in [0.25, 0.3) is 0 Å². The van der Waals surface area contributed by atoms with Gasteiger partial charge >= 0.3 is 5.97 Å². The molecular weight excluding hydrogens is 204 g/mol. The van der Waals surface area contributed by atoms with Crippen LogP contribution in [-0.2, 0) is 14.3 Å². The molecule has 3 aliphatic carbocycles. The van der Waals surface area contributed by atoms with Gasteiger partial charge in [-0.05, 0) is 43.4 Å². The molecule has 3 saturated carbocycles. The van der Waals surface area contributed by atoms with Gasteiger partial charge in [0.2, 0.25) is 0 Å². The molecule has 2 saturated heterocycles. The van der Waals surface area contributed by atoms with E-state index in [0.29, 0.717) is 17.9 Å². The fourth-order valence-electron chi connectivity index (χ4n) is 4.85. The molecule has 3 heteroatoms. The lowest BCUT2D eigenvalue weighted by Crippen LogP contribution is -2.65. The predicted molar refractivity (Wildman–Crippen MR) is 56.6 cm³/mol. The summed E-state index contributed by atoms with van der Waals surface area (Å²) in [6, 6.07) is 0. The Balaban J connectivity index is 1.68. The maximum Gasteiger partial charge on any atom is 0.303 e. The summed E-state index contributed by atoms with van der Waals surface area (Å²) in [5, 5.41) is 0. The van der Waals surface area contributed by atoms with Crippen molar-refractivity contribution < 1.29 is 14.3 Å². The predicted octanol–water partition coefficient (Wildman–Crippen LogP) is 1.75. The van der Waals surface area contributed by atoms with Crippen LogP contribution in [0.4, 0.5) is 0 Å². The van der Waals surface area contributed by atoms with Crippen molar-refractivity contribution >= 4 is 5.97 Å². The largest absolute Gasteiger partial charge is 0.459 e. The van der Waals surface area contributed by atoms with Gasteiger partial charge in [-0.3, -0.25) is 4.79 Å². The topological polar surface area (TPSA) is 35.5 Å². The summed E-state index contributed by atoms with van der Waals surface area (Å²) in [5.41, 5.74) is 0. The molecule has 5 aliphatic rings. The standard InChI is InChI=1S/C13H18O3/c1-6(14)15-13-10-5-11-8-2-7(10)3-9(4-8)12(13)16-11/h7-13H,2-5H2,1H3. The molecule has 16 heavy (non-hydrogen) atoms. The first-order chi connectivity index (χ1) is 7.72. The Hall–Kier alpha value is -0.570. The monoisotopic (exact) mass is 222 g/mol. The molecule has 0 aromatic carbocycles. The molecule has 5 rings (SSSR count). The maximum atomic E-state index is 11.2. The number of esters is 1. The summed E-state index contributed by atoms with van der Waals surface area (Å²) in [7, 11) is 0. The van der Waals surface area contributed by atoms with Crippen molar-refractivity contribution in [3.63, 3.8) is 0 Å². The molecule has 0 aromatic rings. The normalized spacial score (nSPS) is 56.7. The van der Waals surface area contributed by atoms with Crippen LogP contribution in [0.3, 0.4) is 0 Å². The highest BCUT2D eigenvalue weighted by atomic mass is 16.6. The molecule has 0 spiro atoms. The number of hydrogen-bond donors (Lipinski definition) is 0. The SMILES string of the molecule is CC(=O)OC1C2CC3OC1C1CC3CC2C1. The quantitative estimate of drug-likeness (QED) is 0.634. The van der Waals surface area contributed by atoms with E-state index in [1.807, 2.05) is 0 Å². The van der Waals surface area contributed by atoms with Crippen LogP contribution in [0.15, 0.2) is 0 Å². The number of carbonyl (C=O) groups excluding carboxylic acids is 1. The Labute approximate surface area is 95.5 Å². The van der Waals surface area contributed by atoms with Crippen LogP contribution in [0, 0.1) is 23.7 Å². The Morgan fingerprint density at radius 1 is 1.12 bits per heavy atom. The minimum atomic E-state index is -0.140. The fraction of sp³-hybridized carbons (Fsp3) is 0.923. The Morgan fingerprint density at radius 3 is 2.69 bits per heavy atom. The molecule has 6 bridgehead atoms. The smallest absolute Gasteiger partial charge is 0.303 e. The summed E-state index contributed by atoms with van der Waals surface area (Å²) in [5.74, 6) is 2.75. The molecule has 2 aliphatic heterocycles. The van der Waals surface area contributed by atoms with Crippen molar-refractivity contribution in [2.75, 3.05) is 0 Å². The Kier molecular flexibility index (Phi) is 1.78. The Morgan fingerprint density at radius 2 is 1.88 bits per heavy atom. The molecule has 3 nitrogen and oxygen atoms in total. The van der Waals surface area contributed by atoms with E-state index in [-0.39, 0.29) is 18.2 Å². The molecule has 0 N–H and O–H groups in total. The van der Waals surface area contributed by atoms with Crippen molar-refractivity contribution in [3.8, 4) is 0 Å². The molecule has 5 fully saturated rings. The van der Waals surface area contributed by atoms with E-state index in [9.17, 15) is 4.79 Å². The van der Waals surface area contributed by atoms with Crippen molar-refractivity contribution in [1.82, 2.24) is 0 Å². The minimum Gasteiger partial charge on any atom is -0.459 e. The minimum absolute atomic E-state index is 0.0683. The maximum absolute atomic E-state index is 11.2. The van der Waals surface area contributed by atoms with E-state index in [1.54, 1.807) is 0 Å². The molecule has 88 valence electrons. The average Bonchev–Trinajstić information content (AvgIpc) is 2.24. The first-order valence-corrected chi connectivity index (χ1v) is 6.55. The van der Waals surface area contributed by atoms with Crippen LogP contribution in [0.5, 0.6) is 0 Å². The lowest BCUT2D eigenvalue weighted by molar-refractivity contribution is -0.277. The van der Waals surface area contributed by atoms with Crippen LogP contribution in [0.25, 0.3) is 0 Å². The number of hydrogen-bond acceptors (Lipinski definition) is 3. The van der Waals surface area contributed by atoms with Gasteiger partial charge in [-0.1, -0.05) is 0 Å². The van der Waals surface area contributed by atoms with Gasteiger partial charge in [0.1, 0.15) is 6.10 Å². The Bertz CT molecular complexity index is 314. The van der Waals surface area contributed by atoms with Gasteiger partial charge in [0, 0.05) is 12.8 Å². The van der Waals surface area contributed by atoms with E-state index in [2.05, 4.69) is 0 Å². The van der Waals surface area contributed by atoms with Gasteiger partial charge in [-0.2, -0.15) is 0 Å². The third kappa shape index (κ3) is 1.10. The number of rotatable bonds is 1. The fourth-order valence-corrected chi connectivity index (χ4v) is 4.85. The lowest BCUT2D eigenvalue weighted by atomic mass is 9.52. The second-order valence-corrected chi connectivity index (χ2v) is 6.10. The van der Waals surface area contributed by atoms with Crippen LogP contribution < -0.4 is 0 Å². The molecular formula is C13H18O3. The highest BCUT2D eigenvalue weighted by molar-refractivity contribution is 5.66. The van der Waals surface area contributed by atoms with Gasteiger partial charge in [-0.25, -0.2) is 0 Å². The van der Waals surface area contributed by atoms with Crippen LogP contribution >= 0.6 is 0 Å². The van der Waals surface area contributed by atoms with E-state index in [4.69, 9.17) is 9.47 Å². The summed E-state index contributed by atoms with van der Waals surface area (Å²) >= 11 is 0. The van der Waals surface area contributed by atoms with Crippen LogP contribution in [0.2, 0.25) is 0 Å². The third-order valence-electron chi connectivity index (χ3n) is 5.30. The zero-order chi connectivity index (χ0) is 10.9. The molecule has 0 radical (unpaired) electrons. The van der Waals surface area contributed by atoms with E-state index >= 15 is 0 Å². The third-order valence-corrected chi connectivity index (χ3v) is 5.30. The van der Waals surface area contributed by atoms with Gasteiger partial charge in [0.15, 0.2) is 0 Å². The highest BCUT2D eigenvalue weighted by Gasteiger charge is 2.60. The second-order valence-electron chi connectivity index (χ2n) is 6.10. The molecule has 2 heterocycles. The van der Waals surface area contributed by atoms with E-state index < -0.39 is 0 Å². The average molecular weight is 222 g/mol. The van der Waals surface area contributed by atoms with Gasteiger partial charge in [-0.15, -0.1) is 0 Å². The number of carbonyl (C=O) groups is 1. The summed E-state index contributed by atoms with van der Waals surface area (Å²) in [4.78, 5) is 11.2. The molecule has 7 atom stereocenters. The summed E-state index contributed by atoms with van der Waals surface area (Å²) < 4.78 is 11.7. The van der Waals surface area contributed by atoms with E-state index in [0.717, 1.165) is 18.3 Å². The first kappa shape index (κ1) is 9.46. The van der Waals surface area contributed by atoms with Crippen molar-refractivity contribution in [2.45, 2.75) is 50.9 Å². The van der Waals surface area contributed by atoms with Crippen molar-refractivity contribution in [2.24, 2.45) is 23.7 Å². The van der Waals surface area contributed by atoms with Crippen molar-refractivity contribution in [1.29, 1.82) is 0 Å². The summed E-state index contributed by atoms with van der Waals surface area (Å²) in [6.07, 6.45) is 5.85. The summed E-state index contributed by atoms with van der Waals surface area (Å²) in [6.45, 7) is 1.52. The number of ether oxygens (including phenoxy) is 2. The van der Waals surface area contributed by atoms with Crippen LogP contribution in [0.1, 0.15) is 32.6 Å². The second kappa shape index (κ2) is 3.00. The molecule has 0 amide bonds. The first-order valence-electron chi connectivity index (χ1n) is 6.55. The van der Waals surface area contributed by atoms with Gasteiger partial charge < -0.3 is 9.47 Å². The lowest BCUT2D eigenvalue weighted by Gasteiger charge is -2.62.